The number of fused-ring (bicyclic) bond motifs is 3. The molecule has 3 amide bonds. The highest BCUT2D eigenvalue weighted by Gasteiger charge is 2.30. The monoisotopic (exact) mass is 479 g/mol. The van der Waals surface area contributed by atoms with Gasteiger partial charge in [-0.1, -0.05) is 48.5 Å². The average Bonchev–Trinajstić information content (AvgIpc) is 3.18. The van der Waals surface area contributed by atoms with Gasteiger partial charge >= 0.3 is 12.1 Å². The number of ether oxygens (including phenoxy) is 1. The normalized spacial score (nSPS) is 17.5. The van der Waals surface area contributed by atoms with E-state index in [1.807, 2.05) is 48.5 Å². The van der Waals surface area contributed by atoms with Crippen LogP contribution in [0, 0.1) is 5.92 Å². The van der Waals surface area contributed by atoms with Gasteiger partial charge in [-0.3, -0.25) is 14.4 Å². The SMILES string of the molecule is O=C(O)CCC(NC(=O)OCC1c2ccccc2-c2ccccc21)C(=O)NCC1CCCNC1=O. The van der Waals surface area contributed by atoms with Gasteiger partial charge < -0.3 is 25.8 Å². The van der Waals surface area contributed by atoms with Crippen LogP contribution in [-0.2, 0) is 19.1 Å². The van der Waals surface area contributed by atoms with E-state index in [2.05, 4.69) is 16.0 Å². The maximum atomic E-state index is 12.7. The second-order valence-corrected chi connectivity index (χ2v) is 8.83. The van der Waals surface area contributed by atoms with Crippen molar-refractivity contribution < 1.29 is 29.0 Å². The molecule has 2 atom stereocenters. The van der Waals surface area contributed by atoms with Crippen molar-refractivity contribution in [3.8, 4) is 11.1 Å². The van der Waals surface area contributed by atoms with Crippen LogP contribution in [-0.4, -0.2) is 54.7 Å². The van der Waals surface area contributed by atoms with E-state index in [1.165, 1.54) is 0 Å². The number of amides is 3. The first-order chi connectivity index (χ1) is 16.9. The summed E-state index contributed by atoms with van der Waals surface area (Å²) in [6.45, 7) is 0.823. The number of rotatable bonds is 9. The van der Waals surface area contributed by atoms with Crippen molar-refractivity contribution in [3.63, 3.8) is 0 Å². The molecule has 1 aliphatic heterocycles. The molecule has 2 aromatic rings. The van der Waals surface area contributed by atoms with Crippen molar-refractivity contribution in [1.82, 2.24) is 16.0 Å². The van der Waals surface area contributed by atoms with Gasteiger partial charge in [0.25, 0.3) is 0 Å². The summed E-state index contributed by atoms with van der Waals surface area (Å²) in [5.41, 5.74) is 4.32. The van der Waals surface area contributed by atoms with Crippen LogP contribution in [0.4, 0.5) is 4.79 Å². The first kappa shape index (κ1) is 24.3. The molecule has 35 heavy (non-hydrogen) atoms. The maximum absolute atomic E-state index is 12.7. The van der Waals surface area contributed by atoms with Gasteiger partial charge in [-0.05, 0) is 41.5 Å². The van der Waals surface area contributed by atoms with Crippen LogP contribution in [0.5, 0.6) is 0 Å². The molecule has 0 saturated carbocycles. The summed E-state index contributed by atoms with van der Waals surface area (Å²) in [6.07, 6.45) is 0.291. The lowest BCUT2D eigenvalue weighted by Crippen LogP contribution is -2.50. The van der Waals surface area contributed by atoms with Crippen molar-refractivity contribution in [3.05, 3.63) is 59.7 Å². The molecule has 0 radical (unpaired) electrons. The molecule has 1 aliphatic carbocycles. The maximum Gasteiger partial charge on any atom is 0.407 e. The Kier molecular flexibility index (Phi) is 7.64. The molecule has 1 saturated heterocycles. The molecule has 9 heteroatoms. The van der Waals surface area contributed by atoms with E-state index in [0.717, 1.165) is 28.7 Å². The summed E-state index contributed by atoms with van der Waals surface area (Å²) in [7, 11) is 0. The van der Waals surface area contributed by atoms with E-state index in [9.17, 15) is 19.2 Å². The molecule has 0 aromatic heterocycles. The van der Waals surface area contributed by atoms with Crippen LogP contribution in [0.15, 0.2) is 48.5 Å². The molecule has 184 valence electrons. The highest BCUT2D eigenvalue weighted by Crippen LogP contribution is 2.44. The lowest BCUT2D eigenvalue weighted by atomic mass is 9.98. The van der Waals surface area contributed by atoms with Gasteiger partial charge in [0.1, 0.15) is 12.6 Å². The molecule has 4 rings (SSSR count). The van der Waals surface area contributed by atoms with E-state index in [0.29, 0.717) is 13.0 Å². The van der Waals surface area contributed by atoms with E-state index in [-0.39, 0.29) is 43.7 Å². The highest BCUT2D eigenvalue weighted by atomic mass is 16.5. The number of carboxylic acid groups (broad SMARTS) is 1. The number of piperidine rings is 1. The number of carbonyl (C=O) groups is 4. The summed E-state index contributed by atoms with van der Waals surface area (Å²) in [5.74, 6) is -2.23. The minimum absolute atomic E-state index is 0.0787. The zero-order chi connectivity index (χ0) is 24.8. The number of benzene rings is 2. The molecule has 2 aromatic carbocycles. The summed E-state index contributed by atoms with van der Waals surface area (Å²) in [4.78, 5) is 48.3. The minimum Gasteiger partial charge on any atom is -0.481 e. The van der Waals surface area contributed by atoms with Crippen LogP contribution in [0.3, 0.4) is 0 Å². The largest absolute Gasteiger partial charge is 0.481 e. The minimum atomic E-state index is -1.09. The van der Waals surface area contributed by atoms with Crippen molar-refractivity contribution >= 4 is 23.9 Å². The number of carbonyl (C=O) groups excluding carboxylic acids is 3. The Morgan fingerprint density at radius 1 is 1.06 bits per heavy atom. The van der Waals surface area contributed by atoms with Gasteiger partial charge in [0.15, 0.2) is 0 Å². The molecule has 9 nitrogen and oxygen atoms in total. The third-order valence-corrected chi connectivity index (χ3v) is 6.52. The van der Waals surface area contributed by atoms with E-state index >= 15 is 0 Å². The summed E-state index contributed by atoms with van der Waals surface area (Å²) >= 11 is 0. The summed E-state index contributed by atoms with van der Waals surface area (Å²) in [5, 5.41) is 17.0. The van der Waals surface area contributed by atoms with Crippen molar-refractivity contribution in [2.45, 2.75) is 37.6 Å². The Balaban J connectivity index is 1.36. The van der Waals surface area contributed by atoms with E-state index in [1.54, 1.807) is 0 Å². The van der Waals surface area contributed by atoms with Crippen molar-refractivity contribution in [2.24, 2.45) is 5.92 Å². The van der Waals surface area contributed by atoms with Gasteiger partial charge in [-0.25, -0.2) is 4.79 Å². The van der Waals surface area contributed by atoms with Gasteiger partial charge in [-0.15, -0.1) is 0 Å². The van der Waals surface area contributed by atoms with Crippen molar-refractivity contribution in [1.29, 1.82) is 0 Å². The zero-order valence-corrected chi connectivity index (χ0v) is 19.3. The standard InChI is InChI=1S/C26H29N3O6/c30-23(31)12-11-22(25(33)28-14-16-6-5-13-27-24(16)32)29-26(34)35-15-21-19-9-3-1-7-17(19)18-8-2-4-10-20(18)21/h1-4,7-10,16,21-22H,5-6,11-15H2,(H,27,32)(H,28,33)(H,29,34)(H,30,31). The third kappa shape index (κ3) is 5.79. The number of alkyl carbamates (subject to hydrolysis) is 1. The fourth-order valence-electron chi connectivity index (χ4n) is 4.70. The molecule has 2 aliphatic rings. The topological polar surface area (TPSA) is 134 Å². The van der Waals surface area contributed by atoms with Crippen LogP contribution in [0.25, 0.3) is 11.1 Å². The zero-order valence-electron chi connectivity index (χ0n) is 19.3. The van der Waals surface area contributed by atoms with Gasteiger partial charge in [0.05, 0.1) is 5.92 Å². The van der Waals surface area contributed by atoms with Gasteiger partial charge in [0.2, 0.25) is 11.8 Å². The summed E-state index contributed by atoms with van der Waals surface area (Å²) in [6, 6.07) is 14.8. The predicted octanol–water partition coefficient (Wildman–Crippen LogP) is 2.40. The second-order valence-electron chi connectivity index (χ2n) is 8.83. The smallest absolute Gasteiger partial charge is 0.407 e. The van der Waals surface area contributed by atoms with E-state index < -0.39 is 24.0 Å². The average molecular weight is 480 g/mol. The second kappa shape index (κ2) is 11.0. The number of hydrogen-bond acceptors (Lipinski definition) is 5. The number of aliphatic carboxylic acids is 1. The Morgan fingerprint density at radius 2 is 1.71 bits per heavy atom. The molecule has 1 heterocycles. The highest BCUT2D eigenvalue weighted by molar-refractivity contribution is 5.87. The molecule has 1 fully saturated rings. The predicted molar refractivity (Wildman–Crippen MR) is 128 cm³/mol. The lowest BCUT2D eigenvalue weighted by Gasteiger charge is -2.24. The van der Waals surface area contributed by atoms with Crippen LogP contribution in [0.2, 0.25) is 0 Å². The Morgan fingerprint density at radius 3 is 2.34 bits per heavy atom. The molecular formula is C26H29N3O6. The number of carboxylic acids is 1. The fraction of sp³-hybridized carbons (Fsp3) is 0.385. The van der Waals surface area contributed by atoms with Crippen LogP contribution in [0.1, 0.15) is 42.7 Å². The molecule has 2 unspecified atom stereocenters. The Bertz CT molecular complexity index is 1070. The first-order valence-electron chi connectivity index (χ1n) is 11.8. The molecular weight excluding hydrogens is 450 g/mol. The summed E-state index contributed by atoms with van der Waals surface area (Å²) < 4.78 is 5.50. The van der Waals surface area contributed by atoms with E-state index in [4.69, 9.17) is 9.84 Å². The molecule has 0 bridgehead atoms. The molecule has 4 N–H and O–H groups in total. The Labute approximate surface area is 203 Å². The fourth-order valence-corrected chi connectivity index (χ4v) is 4.70. The van der Waals surface area contributed by atoms with Crippen LogP contribution < -0.4 is 16.0 Å². The van der Waals surface area contributed by atoms with Crippen molar-refractivity contribution in [2.75, 3.05) is 19.7 Å². The lowest BCUT2D eigenvalue weighted by molar-refractivity contribution is -0.137. The third-order valence-electron chi connectivity index (χ3n) is 6.52. The Hall–Kier alpha value is -3.88. The number of nitrogens with one attached hydrogen (secondary N) is 3. The first-order valence-corrected chi connectivity index (χ1v) is 11.8. The van der Waals surface area contributed by atoms with Gasteiger partial charge in [-0.2, -0.15) is 0 Å². The quantitative estimate of drug-likeness (QED) is 0.436. The number of hydrogen-bond donors (Lipinski definition) is 4. The van der Waals surface area contributed by atoms with Crippen LogP contribution >= 0.6 is 0 Å². The van der Waals surface area contributed by atoms with Gasteiger partial charge in [0, 0.05) is 25.4 Å². The molecule has 0 spiro atoms.